The highest BCUT2D eigenvalue weighted by molar-refractivity contribution is 7.80. The van der Waals surface area contributed by atoms with E-state index in [1.165, 1.54) is 26.2 Å². The molecule has 7 amide bonds. The topological polar surface area (TPSA) is 279 Å². The monoisotopic (exact) mass is 979 g/mol. The molecule has 2 saturated heterocycles. The fourth-order valence-electron chi connectivity index (χ4n) is 8.16. The number of fused-ring (bicyclic) bond motifs is 5. The number of anilines is 1. The summed E-state index contributed by atoms with van der Waals surface area (Å²) < 4.78 is 29.2. The molecular weight excluding hydrogens is 914 g/mol. The smallest absolute Gasteiger partial charge is 0.409 e. The zero-order valence-corrected chi connectivity index (χ0v) is 40.9. The molecule has 0 spiro atoms. The lowest BCUT2D eigenvalue weighted by atomic mass is 9.83. The van der Waals surface area contributed by atoms with Crippen molar-refractivity contribution in [1.29, 1.82) is 0 Å². The zero-order valence-electron chi connectivity index (χ0n) is 39.3. The molecule has 4 rings (SSSR count). The minimum absolute atomic E-state index is 0.0619. The van der Waals surface area contributed by atoms with Crippen LogP contribution in [0.15, 0.2) is 35.9 Å². The lowest BCUT2D eigenvalue weighted by Crippen LogP contribution is -2.63. The number of hydrogen-bond acceptors (Lipinski definition) is 14. The summed E-state index contributed by atoms with van der Waals surface area (Å²) in [5.41, 5.74) is 3.98. The van der Waals surface area contributed by atoms with Crippen molar-refractivity contribution in [1.82, 2.24) is 26.6 Å². The first-order chi connectivity index (χ1) is 31.6. The second-order valence-corrected chi connectivity index (χ2v) is 18.4. The number of alkyl carbamates (subject to hydrolysis) is 1. The van der Waals surface area contributed by atoms with E-state index in [0.717, 1.165) is 11.1 Å². The fraction of sp³-hybridized carbons (Fsp3) is 0.622. The number of carbonyl (C=O) groups is 7. The van der Waals surface area contributed by atoms with Crippen molar-refractivity contribution in [3.05, 3.63) is 46.5 Å². The Labute approximate surface area is 401 Å². The summed E-state index contributed by atoms with van der Waals surface area (Å²) in [6.45, 7) is 8.64. The van der Waals surface area contributed by atoms with Crippen LogP contribution in [0.2, 0.25) is 5.02 Å². The van der Waals surface area contributed by atoms with Gasteiger partial charge in [-0.3, -0.25) is 29.3 Å². The number of urea groups is 1. The van der Waals surface area contributed by atoms with E-state index in [9.17, 15) is 38.7 Å². The molecule has 0 aromatic heterocycles. The van der Waals surface area contributed by atoms with Crippen molar-refractivity contribution in [2.75, 3.05) is 45.0 Å². The Morgan fingerprint density at radius 1 is 1.09 bits per heavy atom. The van der Waals surface area contributed by atoms with E-state index in [1.54, 1.807) is 52.0 Å². The number of aliphatic hydroxyl groups is 1. The lowest BCUT2D eigenvalue weighted by molar-refractivity contribution is -0.153. The van der Waals surface area contributed by atoms with E-state index in [0.29, 0.717) is 17.9 Å². The third kappa shape index (κ3) is 14.7. The molecule has 9 unspecified atom stereocenters. The molecule has 4 bridgehead atoms. The SMILES string of the molecule is COc1cc2cc(c1Cl)N(C)C(=O)CC(OC(=O)CCNC(=O)C(CCCNC(N)=O)NC(=O)C(NC(=O)CCS)C(C)C)C1(C)OC1C(C)C1CC(O)(NC(=O)O1)C(OC)/C=C/C=C(\C)C2. The number of nitrogens with two attached hydrogens (primary N) is 1. The van der Waals surface area contributed by atoms with Crippen LogP contribution < -0.4 is 42.0 Å². The number of allylic oxidation sites excluding steroid dienone is 3. The Hall–Kier alpha value is -5.09. The maximum absolute atomic E-state index is 14.3. The van der Waals surface area contributed by atoms with Crippen molar-refractivity contribution < 1.29 is 62.4 Å². The number of amides is 7. The molecule has 22 heteroatoms. The highest BCUT2D eigenvalue weighted by atomic mass is 35.5. The van der Waals surface area contributed by atoms with Crippen LogP contribution in [0.25, 0.3) is 0 Å². The molecule has 3 aliphatic heterocycles. The van der Waals surface area contributed by atoms with Crippen LogP contribution in [0.4, 0.5) is 15.3 Å². The Morgan fingerprint density at radius 2 is 1.81 bits per heavy atom. The molecular formula is C45H66ClN7O13S. The number of thiol groups is 1. The zero-order chi connectivity index (χ0) is 49.8. The third-order valence-corrected chi connectivity index (χ3v) is 12.7. The minimum atomic E-state index is -1.89. The molecule has 1 aromatic carbocycles. The summed E-state index contributed by atoms with van der Waals surface area (Å²) in [7, 11) is 4.39. The summed E-state index contributed by atoms with van der Waals surface area (Å²) in [4.78, 5) is 92.9. The fourth-order valence-corrected chi connectivity index (χ4v) is 8.68. The van der Waals surface area contributed by atoms with Crippen LogP contribution in [0.5, 0.6) is 5.75 Å². The van der Waals surface area contributed by atoms with Crippen LogP contribution in [0.1, 0.15) is 78.7 Å². The van der Waals surface area contributed by atoms with E-state index in [4.69, 9.17) is 41.0 Å². The van der Waals surface area contributed by atoms with Gasteiger partial charge in [-0.2, -0.15) is 12.6 Å². The Kier molecular flexibility index (Phi) is 19.7. The van der Waals surface area contributed by atoms with E-state index >= 15 is 0 Å². The molecule has 3 aliphatic rings. The number of nitrogens with one attached hydrogen (secondary N) is 5. The van der Waals surface area contributed by atoms with Crippen LogP contribution in [0, 0.1) is 11.8 Å². The van der Waals surface area contributed by atoms with Gasteiger partial charge in [-0.25, -0.2) is 9.59 Å². The van der Waals surface area contributed by atoms with Gasteiger partial charge in [0.25, 0.3) is 0 Å². The number of esters is 1. The number of benzene rings is 1. The van der Waals surface area contributed by atoms with Gasteiger partial charge in [0.1, 0.15) is 46.8 Å². The van der Waals surface area contributed by atoms with E-state index < -0.39 is 96.0 Å². The largest absolute Gasteiger partial charge is 0.495 e. The second-order valence-electron chi connectivity index (χ2n) is 17.6. The standard InChI is InChI=1S/C45H66ClN7O13S/c1-24(2)38(51-34(54)15-18-67)41(58)50-28(12-10-16-49-42(47)59)40(57)48-17-14-36(56)65-33-22-35(55)53(6)29-20-27(21-30(62-7)37(29)46)19-25(3)11-9-13-32(63-8)45(61)23-31(64-43(60)52-45)26(4)39-44(33,5)66-39/h9,11,13,20-21,24,26,28,31-33,38-39,61,67H,10,12,14-19,22-23H2,1-8H3,(H,48,57)(H,50,58)(H,51,54)(H,52,60)(H3,47,49,59)/b13-9+,25-11+. The Morgan fingerprint density at radius 3 is 2.45 bits per heavy atom. The predicted molar refractivity (Wildman–Crippen MR) is 250 cm³/mol. The number of primary amides is 1. The van der Waals surface area contributed by atoms with Gasteiger partial charge in [0, 0.05) is 46.0 Å². The number of nitrogens with zero attached hydrogens (tertiary/aromatic N) is 1. The molecule has 20 nitrogen and oxygen atoms in total. The molecule has 3 heterocycles. The van der Waals surface area contributed by atoms with Crippen molar-refractivity contribution in [2.24, 2.45) is 17.6 Å². The van der Waals surface area contributed by atoms with Gasteiger partial charge in [0.05, 0.1) is 31.7 Å². The van der Waals surface area contributed by atoms with Gasteiger partial charge in [-0.05, 0) is 62.5 Å². The second kappa shape index (κ2) is 24.3. The number of epoxide rings is 1. The third-order valence-electron chi connectivity index (χ3n) is 12.1. The lowest BCUT2D eigenvalue weighted by Gasteiger charge is -2.42. The van der Waals surface area contributed by atoms with E-state index in [-0.39, 0.29) is 67.8 Å². The van der Waals surface area contributed by atoms with Crippen LogP contribution in [-0.2, 0) is 49.3 Å². The normalized spacial score (nSPS) is 27.4. The molecule has 372 valence electrons. The molecule has 67 heavy (non-hydrogen) atoms. The Balaban J connectivity index is 1.59. The predicted octanol–water partition coefficient (Wildman–Crippen LogP) is 2.57. The summed E-state index contributed by atoms with van der Waals surface area (Å²) in [6.07, 6.45) is 0.333. The molecule has 8 N–H and O–H groups in total. The number of carbonyl (C=O) groups excluding carboxylic acids is 7. The molecule has 1 aromatic rings. The van der Waals surface area contributed by atoms with Crippen LogP contribution in [0.3, 0.4) is 0 Å². The quantitative estimate of drug-likeness (QED) is 0.0483. The highest BCUT2D eigenvalue weighted by Crippen LogP contribution is 2.49. The minimum Gasteiger partial charge on any atom is -0.495 e. The average molecular weight is 981 g/mol. The first-order valence-corrected chi connectivity index (χ1v) is 23.2. The maximum atomic E-state index is 14.3. The molecule has 2 fully saturated rings. The first kappa shape index (κ1) is 54.5. The molecule has 9 atom stereocenters. The molecule has 0 aliphatic carbocycles. The van der Waals surface area contributed by atoms with Crippen LogP contribution in [-0.4, -0.2) is 135 Å². The summed E-state index contributed by atoms with van der Waals surface area (Å²) >= 11 is 10.9. The van der Waals surface area contributed by atoms with Crippen molar-refractivity contribution in [3.63, 3.8) is 0 Å². The summed E-state index contributed by atoms with van der Waals surface area (Å²) in [5, 5.41) is 24.9. The van der Waals surface area contributed by atoms with Gasteiger partial charge in [0.2, 0.25) is 23.6 Å². The first-order valence-electron chi connectivity index (χ1n) is 22.2. The van der Waals surface area contributed by atoms with Gasteiger partial charge in [0.15, 0.2) is 5.72 Å². The number of halogens is 1. The van der Waals surface area contributed by atoms with Gasteiger partial charge in [-0.15, -0.1) is 0 Å². The van der Waals surface area contributed by atoms with Crippen molar-refractivity contribution in [2.45, 2.75) is 127 Å². The van der Waals surface area contributed by atoms with Crippen molar-refractivity contribution >= 4 is 71.6 Å². The van der Waals surface area contributed by atoms with E-state index in [2.05, 4.69) is 39.2 Å². The van der Waals surface area contributed by atoms with Gasteiger partial charge >= 0.3 is 18.1 Å². The van der Waals surface area contributed by atoms with Crippen LogP contribution >= 0.6 is 24.2 Å². The number of methoxy groups -OCH3 is 2. The number of ether oxygens (including phenoxy) is 5. The van der Waals surface area contributed by atoms with E-state index in [1.807, 2.05) is 13.0 Å². The summed E-state index contributed by atoms with van der Waals surface area (Å²) in [5.74, 6) is -3.31. The number of rotatable bonds is 17. The Bertz CT molecular complexity index is 2060. The highest BCUT2D eigenvalue weighted by Gasteiger charge is 2.64. The number of hydrogen-bond donors (Lipinski definition) is 8. The summed E-state index contributed by atoms with van der Waals surface area (Å²) in [6, 6.07) is 0.642. The molecule has 0 saturated carbocycles. The van der Waals surface area contributed by atoms with Gasteiger partial charge in [-0.1, -0.05) is 56.2 Å². The van der Waals surface area contributed by atoms with Crippen molar-refractivity contribution in [3.8, 4) is 5.75 Å². The average Bonchev–Trinajstić information content (AvgIpc) is 3.96. The maximum Gasteiger partial charge on any atom is 0.409 e. The molecule has 0 radical (unpaired) electrons. The van der Waals surface area contributed by atoms with Gasteiger partial charge < -0.3 is 60.7 Å².